The van der Waals surface area contributed by atoms with Crippen LogP contribution in [0.15, 0.2) is 16.8 Å². The van der Waals surface area contributed by atoms with Crippen molar-refractivity contribution in [2.24, 2.45) is 0 Å². The van der Waals surface area contributed by atoms with E-state index in [4.69, 9.17) is 0 Å². The number of aliphatic hydroxyl groups is 1. The van der Waals surface area contributed by atoms with Crippen molar-refractivity contribution in [2.45, 2.75) is 38.8 Å². The highest BCUT2D eigenvalue weighted by Crippen LogP contribution is 2.08. The molecule has 5 heteroatoms. The summed E-state index contributed by atoms with van der Waals surface area (Å²) in [4.78, 5) is 13.4. The molecule has 0 saturated carbocycles. The van der Waals surface area contributed by atoms with Gasteiger partial charge in [0.2, 0.25) is 0 Å². The molecule has 2 N–H and O–H groups in total. The van der Waals surface area contributed by atoms with Gasteiger partial charge < -0.3 is 15.3 Å². The zero-order valence-electron chi connectivity index (χ0n) is 11.2. The summed E-state index contributed by atoms with van der Waals surface area (Å²) in [5, 5.41) is 16.3. The summed E-state index contributed by atoms with van der Waals surface area (Å²) >= 11 is 1.67. The van der Waals surface area contributed by atoms with Gasteiger partial charge in [-0.3, -0.25) is 0 Å². The van der Waals surface area contributed by atoms with Gasteiger partial charge in [-0.2, -0.15) is 11.3 Å². The maximum Gasteiger partial charge on any atom is 0.317 e. The van der Waals surface area contributed by atoms with Crippen molar-refractivity contribution < 1.29 is 9.90 Å². The van der Waals surface area contributed by atoms with E-state index in [1.54, 1.807) is 30.2 Å². The minimum Gasteiger partial charge on any atom is -0.393 e. The van der Waals surface area contributed by atoms with Crippen LogP contribution >= 0.6 is 11.3 Å². The third-order valence-electron chi connectivity index (χ3n) is 2.72. The molecule has 0 fully saturated rings. The lowest BCUT2D eigenvalue weighted by Gasteiger charge is -2.21. The third-order valence-corrected chi connectivity index (χ3v) is 3.45. The summed E-state index contributed by atoms with van der Waals surface area (Å²) in [6, 6.07) is 2.10. The van der Waals surface area contributed by atoms with E-state index in [0.29, 0.717) is 13.0 Å². The molecule has 1 heterocycles. The number of thiophene rings is 1. The Morgan fingerprint density at radius 1 is 1.56 bits per heavy atom. The topological polar surface area (TPSA) is 52.6 Å². The van der Waals surface area contributed by atoms with Crippen LogP contribution < -0.4 is 5.32 Å². The minimum absolute atomic E-state index is 0.0848. The Labute approximate surface area is 113 Å². The zero-order valence-corrected chi connectivity index (χ0v) is 12.0. The number of amides is 2. The second kappa shape index (κ2) is 7.38. The maximum atomic E-state index is 11.8. The molecular formula is C13H22N2O2S. The Morgan fingerprint density at radius 3 is 2.83 bits per heavy atom. The van der Waals surface area contributed by atoms with Crippen LogP contribution in [0, 0.1) is 0 Å². The van der Waals surface area contributed by atoms with Crippen LogP contribution in [0.1, 0.15) is 25.8 Å². The first kappa shape index (κ1) is 15.0. The standard InChI is InChI=1S/C13H22N2O2S/c1-10(8-12-5-7-18-9-12)14-13(17)15(3)6-4-11(2)16/h5,7,9-11,16H,4,6,8H2,1-3H3,(H,14,17)/t10-,11+/m0/s1. The molecule has 0 bridgehead atoms. The summed E-state index contributed by atoms with van der Waals surface area (Å²) in [7, 11) is 1.75. The molecule has 102 valence electrons. The highest BCUT2D eigenvalue weighted by molar-refractivity contribution is 7.07. The second-order valence-electron chi connectivity index (χ2n) is 4.75. The van der Waals surface area contributed by atoms with Crippen molar-refractivity contribution in [1.29, 1.82) is 0 Å². The number of hydrogen-bond donors (Lipinski definition) is 2. The maximum absolute atomic E-state index is 11.8. The van der Waals surface area contributed by atoms with E-state index in [9.17, 15) is 9.90 Å². The summed E-state index contributed by atoms with van der Waals surface area (Å²) in [6.45, 7) is 4.29. The average Bonchev–Trinajstić information content (AvgIpc) is 2.78. The van der Waals surface area contributed by atoms with Crippen molar-refractivity contribution in [1.82, 2.24) is 10.2 Å². The molecule has 0 aromatic carbocycles. The second-order valence-corrected chi connectivity index (χ2v) is 5.53. The summed E-state index contributed by atoms with van der Waals surface area (Å²) in [5.41, 5.74) is 1.25. The van der Waals surface area contributed by atoms with E-state index in [-0.39, 0.29) is 18.2 Å². The Balaban J connectivity index is 2.30. The molecule has 1 rings (SSSR count). The van der Waals surface area contributed by atoms with E-state index in [0.717, 1.165) is 6.42 Å². The SMILES string of the molecule is C[C@@H](O)CCN(C)C(=O)N[C@@H](C)Cc1ccsc1. The van der Waals surface area contributed by atoms with Gasteiger partial charge in [-0.1, -0.05) is 0 Å². The largest absolute Gasteiger partial charge is 0.393 e. The fourth-order valence-electron chi connectivity index (χ4n) is 1.62. The van der Waals surface area contributed by atoms with E-state index < -0.39 is 0 Å². The van der Waals surface area contributed by atoms with Gasteiger partial charge in [-0.25, -0.2) is 4.79 Å². The molecule has 0 aliphatic carbocycles. The van der Waals surface area contributed by atoms with Crippen molar-refractivity contribution in [2.75, 3.05) is 13.6 Å². The highest BCUT2D eigenvalue weighted by atomic mass is 32.1. The van der Waals surface area contributed by atoms with Crippen molar-refractivity contribution in [3.05, 3.63) is 22.4 Å². The van der Waals surface area contributed by atoms with Crippen LogP contribution in [0.4, 0.5) is 4.79 Å². The lowest BCUT2D eigenvalue weighted by atomic mass is 10.1. The molecular weight excluding hydrogens is 248 g/mol. The predicted molar refractivity (Wildman–Crippen MR) is 74.9 cm³/mol. The van der Waals surface area contributed by atoms with Crippen molar-refractivity contribution in [3.63, 3.8) is 0 Å². The molecule has 0 radical (unpaired) electrons. The molecule has 1 aromatic rings. The lowest BCUT2D eigenvalue weighted by molar-refractivity contribution is 0.162. The number of hydrogen-bond acceptors (Lipinski definition) is 3. The average molecular weight is 270 g/mol. The normalized spacial score (nSPS) is 14.0. The predicted octanol–water partition coefficient (Wildman–Crippen LogP) is 2.09. The monoisotopic (exact) mass is 270 g/mol. The van der Waals surface area contributed by atoms with Crippen molar-refractivity contribution >= 4 is 17.4 Å². The first-order chi connectivity index (χ1) is 8.49. The molecule has 0 unspecified atom stereocenters. The van der Waals surface area contributed by atoms with Crippen LogP contribution in [0.25, 0.3) is 0 Å². The number of carbonyl (C=O) groups is 1. The van der Waals surface area contributed by atoms with Gasteiger partial charge in [0.15, 0.2) is 0 Å². The molecule has 0 saturated heterocycles. The van der Waals surface area contributed by atoms with Crippen LogP contribution in [-0.2, 0) is 6.42 Å². The van der Waals surface area contributed by atoms with E-state index >= 15 is 0 Å². The fraction of sp³-hybridized carbons (Fsp3) is 0.615. The Bertz CT molecular complexity index is 352. The number of urea groups is 1. The van der Waals surface area contributed by atoms with Gasteiger partial charge in [-0.05, 0) is 49.1 Å². The fourth-order valence-corrected chi connectivity index (χ4v) is 2.30. The van der Waals surface area contributed by atoms with E-state index in [1.165, 1.54) is 5.56 Å². The number of rotatable bonds is 6. The Kier molecular flexibility index (Phi) is 6.15. The smallest absolute Gasteiger partial charge is 0.317 e. The zero-order chi connectivity index (χ0) is 13.5. The summed E-state index contributed by atoms with van der Waals surface area (Å²) in [5.74, 6) is 0. The third kappa shape index (κ3) is 5.51. The molecule has 0 aliphatic rings. The summed E-state index contributed by atoms with van der Waals surface area (Å²) in [6.07, 6.45) is 1.07. The number of carbonyl (C=O) groups excluding carboxylic acids is 1. The van der Waals surface area contributed by atoms with Gasteiger partial charge in [0.1, 0.15) is 0 Å². The van der Waals surface area contributed by atoms with Gasteiger partial charge in [-0.15, -0.1) is 0 Å². The van der Waals surface area contributed by atoms with Gasteiger partial charge >= 0.3 is 6.03 Å². The van der Waals surface area contributed by atoms with Crippen LogP contribution in [0.2, 0.25) is 0 Å². The minimum atomic E-state index is -0.372. The molecule has 2 atom stereocenters. The summed E-state index contributed by atoms with van der Waals surface area (Å²) < 4.78 is 0. The molecule has 4 nitrogen and oxygen atoms in total. The van der Waals surface area contributed by atoms with Crippen LogP contribution in [0.3, 0.4) is 0 Å². The molecule has 0 aliphatic heterocycles. The first-order valence-corrected chi connectivity index (χ1v) is 7.14. The van der Waals surface area contributed by atoms with Gasteiger partial charge in [0, 0.05) is 19.6 Å². The molecule has 2 amide bonds. The van der Waals surface area contributed by atoms with Crippen LogP contribution in [0.5, 0.6) is 0 Å². The van der Waals surface area contributed by atoms with Crippen molar-refractivity contribution in [3.8, 4) is 0 Å². The Hall–Kier alpha value is -1.07. The molecule has 0 spiro atoms. The van der Waals surface area contributed by atoms with Crippen LogP contribution in [-0.4, -0.2) is 41.8 Å². The number of nitrogens with zero attached hydrogens (tertiary/aromatic N) is 1. The highest BCUT2D eigenvalue weighted by Gasteiger charge is 2.12. The number of nitrogens with one attached hydrogen (secondary N) is 1. The molecule has 1 aromatic heterocycles. The quantitative estimate of drug-likeness (QED) is 0.831. The Morgan fingerprint density at radius 2 is 2.28 bits per heavy atom. The van der Waals surface area contributed by atoms with Gasteiger partial charge in [0.25, 0.3) is 0 Å². The number of aliphatic hydroxyl groups excluding tert-OH is 1. The van der Waals surface area contributed by atoms with E-state index in [2.05, 4.69) is 16.8 Å². The van der Waals surface area contributed by atoms with Gasteiger partial charge in [0.05, 0.1) is 6.10 Å². The van der Waals surface area contributed by atoms with E-state index in [1.807, 2.05) is 12.3 Å². The first-order valence-electron chi connectivity index (χ1n) is 6.19. The molecule has 18 heavy (non-hydrogen) atoms. The lowest BCUT2D eigenvalue weighted by Crippen LogP contribution is -2.43.